The van der Waals surface area contributed by atoms with Gasteiger partial charge in [0.2, 0.25) is 10.0 Å². The third-order valence-corrected chi connectivity index (χ3v) is 5.81. The fraction of sp³-hybridized carbons (Fsp3) is 0.182. The second kappa shape index (κ2) is 9.59. The van der Waals surface area contributed by atoms with Crippen LogP contribution in [-0.2, 0) is 26.1 Å². The molecule has 0 aliphatic rings. The summed E-state index contributed by atoms with van der Waals surface area (Å²) >= 11 is 0. The molecule has 0 bridgehead atoms. The molecule has 31 heavy (non-hydrogen) atoms. The van der Waals surface area contributed by atoms with Crippen molar-refractivity contribution < 1.29 is 27.2 Å². The number of amides is 1. The van der Waals surface area contributed by atoms with Gasteiger partial charge >= 0.3 is 5.97 Å². The molecule has 0 radical (unpaired) electrons. The molecule has 0 unspecified atom stereocenters. The van der Waals surface area contributed by atoms with Crippen molar-refractivity contribution in [3.05, 3.63) is 83.8 Å². The number of carbonyl (C=O) groups excluding carboxylic acids is 2. The third kappa shape index (κ3) is 6.03. The van der Waals surface area contributed by atoms with Gasteiger partial charge in [-0.3, -0.25) is 4.79 Å². The molecule has 3 aromatic rings. The molecule has 9 heteroatoms. The number of rotatable bonds is 8. The largest absolute Gasteiger partial charge is 0.468 e. The number of hydrogen-bond donors (Lipinski definition) is 2. The Morgan fingerprint density at radius 2 is 1.71 bits per heavy atom. The van der Waals surface area contributed by atoms with E-state index in [1.807, 2.05) is 19.1 Å². The summed E-state index contributed by atoms with van der Waals surface area (Å²) in [5.41, 5.74) is 1.77. The Morgan fingerprint density at radius 1 is 1.03 bits per heavy atom. The highest BCUT2D eigenvalue weighted by Gasteiger charge is 2.20. The molecule has 1 amide bonds. The van der Waals surface area contributed by atoms with E-state index >= 15 is 0 Å². The van der Waals surface area contributed by atoms with Gasteiger partial charge in [0.05, 0.1) is 23.3 Å². The van der Waals surface area contributed by atoms with Crippen LogP contribution in [0, 0.1) is 6.92 Å². The van der Waals surface area contributed by atoms with Crippen LogP contribution in [0.25, 0.3) is 0 Å². The lowest BCUT2D eigenvalue weighted by atomic mass is 10.2. The molecule has 0 saturated carbocycles. The van der Waals surface area contributed by atoms with Gasteiger partial charge in [0.15, 0.2) is 6.10 Å². The second-order valence-corrected chi connectivity index (χ2v) is 8.60. The first-order valence-corrected chi connectivity index (χ1v) is 10.9. The van der Waals surface area contributed by atoms with Gasteiger partial charge in [-0.15, -0.1) is 0 Å². The molecule has 0 fully saturated rings. The highest BCUT2D eigenvalue weighted by molar-refractivity contribution is 7.89. The zero-order chi connectivity index (χ0) is 22.4. The van der Waals surface area contributed by atoms with Gasteiger partial charge in [-0.05, 0) is 62.4 Å². The highest BCUT2D eigenvalue weighted by Crippen LogP contribution is 2.14. The van der Waals surface area contributed by atoms with E-state index in [-0.39, 0.29) is 17.0 Å². The fourth-order valence-corrected chi connectivity index (χ4v) is 3.59. The molecule has 0 spiro atoms. The zero-order valence-electron chi connectivity index (χ0n) is 17.0. The summed E-state index contributed by atoms with van der Waals surface area (Å²) in [4.78, 5) is 24.5. The predicted molar refractivity (Wildman–Crippen MR) is 114 cm³/mol. The molecular formula is C22H22N2O6S. The number of furan rings is 1. The van der Waals surface area contributed by atoms with Crippen molar-refractivity contribution in [3.8, 4) is 0 Å². The number of esters is 1. The number of benzene rings is 2. The quantitative estimate of drug-likeness (QED) is 0.518. The standard InChI is InChI=1S/C22H22N2O6S/c1-15-5-9-18(10-6-15)24-21(25)16(2)30-22(26)17-7-11-20(12-8-17)31(27,28)23-14-19-4-3-13-29-19/h3-13,16,23H,14H2,1-2H3,(H,24,25)/t16-/m1/s1. The van der Waals surface area contributed by atoms with Crippen LogP contribution in [0.4, 0.5) is 5.69 Å². The number of sulfonamides is 1. The van der Waals surface area contributed by atoms with Crippen LogP contribution in [0.3, 0.4) is 0 Å². The minimum Gasteiger partial charge on any atom is -0.468 e. The Balaban J connectivity index is 1.57. The van der Waals surface area contributed by atoms with Crippen LogP contribution < -0.4 is 10.0 Å². The Labute approximate surface area is 180 Å². The minimum absolute atomic E-state index is 0.00668. The highest BCUT2D eigenvalue weighted by atomic mass is 32.2. The maximum Gasteiger partial charge on any atom is 0.338 e. The van der Waals surface area contributed by atoms with Gasteiger partial charge in [0.1, 0.15) is 5.76 Å². The lowest BCUT2D eigenvalue weighted by molar-refractivity contribution is -0.123. The van der Waals surface area contributed by atoms with E-state index in [9.17, 15) is 18.0 Å². The number of nitrogens with one attached hydrogen (secondary N) is 2. The number of ether oxygens (including phenoxy) is 1. The van der Waals surface area contributed by atoms with Crippen molar-refractivity contribution in [2.75, 3.05) is 5.32 Å². The number of aryl methyl sites for hydroxylation is 1. The van der Waals surface area contributed by atoms with E-state index in [2.05, 4.69) is 10.0 Å². The van der Waals surface area contributed by atoms with Gasteiger partial charge in [-0.25, -0.2) is 17.9 Å². The van der Waals surface area contributed by atoms with Crippen molar-refractivity contribution in [3.63, 3.8) is 0 Å². The van der Waals surface area contributed by atoms with Gasteiger partial charge in [0.25, 0.3) is 5.91 Å². The molecule has 2 N–H and O–H groups in total. The van der Waals surface area contributed by atoms with E-state index < -0.39 is 28.0 Å². The summed E-state index contributed by atoms with van der Waals surface area (Å²) in [6.45, 7) is 3.40. The first kappa shape index (κ1) is 22.3. The average Bonchev–Trinajstić information content (AvgIpc) is 3.28. The lowest BCUT2D eigenvalue weighted by Gasteiger charge is -2.14. The van der Waals surface area contributed by atoms with Crippen LogP contribution in [0.1, 0.15) is 28.6 Å². The van der Waals surface area contributed by atoms with Gasteiger partial charge in [0, 0.05) is 5.69 Å². The Hall–Kier alpha value is -3.43. The monoisotopic (exact) mass is 442 g/mol. The summed E-state index contributed by atoms with van der Waals surface area (Å²) in [5, 5.41) is 2.67. The average molecular weight is 442 g/mol. The first-order chi connectivity index (χ1) is 14.7. The number of carbonyl (C=O) groups is 2. The molecule has 162 valence electrons. The van der Waals surface area contributed by atoms with Crippen LogP contribution >= 0.6 is 0 Å². The van der Waals surface area contributed by atoms with Crippen molar-refractivity contribution in [2.24, 2.45) is 0 Å². The smallest absolute Gasteiger partial charge is 0.338 e. The van der Waals surface area contributed by atoms with Crippen LogP contribution in [0.2, 0.25) is 0 Å². The second-order valence-electron chi connectivity index (χ2n) is 6.83. The molecule has 0 saturated heterocycles. The molecule has 2 aromatic carbocycles. The Bertz CT molecular complexity index is 1140. The molecule has 1 aromatic heterocycles. The van der Waals surface area contributed by atoms with Gasteiger partial charge < -0.3 is 14.5 Å². The summed E-state index contributed by atoms with van der Waals surface area (Å²) in [5.74, 6) is -0.737. The van der Waals surface area contributed by atoms with Gasteiger partial charge in [-0.1, -0.05) is 17.7 Å². The van der Waals surface area contributed by atoms with Crippen LogP contribution in [0.15, 0.2) is 76.2 Å². The molecule has 3 rings (SSSR count). The maximum absolute atomic E-state index is 12.3. The van der Waals surface area contributed by atoms with E-state index in [0.29, 0.717) is 11.4 Å². The van der Waals surface area contributed by atoms with E-state index in [1.54, 1.807) is 24.3 Å². The van der Waals surface area contributed by atoms with E-state index in [4.69, 9.17) is 9.15 Å². The lowest BCUT2D eigenvalue weighted by Crippen LogP contribution is -2.30. The number of anilines is 1. The molecule has 0 aliphatic heterocycles. The van der Waals surface area contributed by atoms with Gasteiger partial charge in [-0.2, -0.15) is 0 Å². The molecule has 0 aliphatic carbocycles. The van der Waals surface area contributed by atoms with Crippen molar-refractivity contribution in [1.82, 2.24) is 4.72 Å². The SMILES string of the molecule is Cc1ccc(NC(=O)[C@@H](C)OC(=O)c2ccc(S(=O)(=O)NCc3ccco3)cc2)cc1. The Morgan fingerprint density at radius 3 is 2.32 bits per heavy atom. The maximum atomic E-state index is 12.3. The first-order valence-electron chi connectivity index (χ1n) is 9.45. The summed E-state index contributed by atoms with van der Waals surface area (Å²) in [6.07, 6.45) is 0.415. The van der Waals surface area contributed by atoms with E-state index in [0.717, 1.165) is 5.56 Å². The van der Waals surface area contributed by atoms with Crippen LogP contribution in [0.5, 0.6) is 0 Å². The van der Waals surface area contributed by atoms with Crippen molar-refractivity contribution in [2.45, 2.75) is 31.4 Å². The normalized spacial score (nSPS) is 12.2. The molecule has 1 heterocycles. The van der Waals surface area contributed by atoms with Crippen molar-refractivity contribution >= 4 is 27.6 Å². The molecule has 8 nitrogen and oxygen atoms in total. The number of hydrogen-bond acceptors (Lipinski definition) is 6. The molecular weight excluding hydrogens is 420 g/mol. The Kier molecular flexibility index (Phi) is 6.88. The topological polar surface area (TPSA) is 115 Å². The van der Waals surface area contributed by atoms with E-state index in [1.165, 1.54) is 37.5 Å². The molecule has 1 atom stereocenters. The third-order valence-electron chi connectivity index (χ3n) is 4.39. The summed E-state index contributed by atoms with van der Waals surface area (Å²) in [6, 6.07) is 15.8. The minimum atomic E-state index is -3.78. The van der Waals surface area contributed by atoms with Crippen molar-refractivity contribution in [1.29, 1.82) is 0 Å². The summed E-state index contributed by atoms with van der Waals surface area (Å²) in [7, 11) is -3.78. The van der Waals surface area contributed by atoms with Crippen LogP contribution in [-0.4, -0.2) is 26.4 Å². The zero-order valence-corrected chi connectivity index (χ0v) is 17.8. The summed E-state index contributed by atoms with van der Waals surface area (Å²) < 4.78 is 37.4. The fourth-order valence-electron chi connectivity index (χ4n) is 2.60. The predicted octanol–water partition coefficient (Wildman–Crippen LogP) is 3.25.